The lowest BCUT2D eigenvalue weighted by Crippen LogP contribution is -2.09. The van der Waals surface area contributed by atoms with Crippen LogP contribution in [0, 0.1) is 25.2 Å². The van der Waals surface area contributed by atoms with E-state index in [0.717, 1.165) is 0 Å². The molecular formula is C21H24N4O6S2. The van der Waals surface area contributed by atoms with Crippen LogP contribution in [0.4, 0.5) is 17.3 Å². The van der Waals surface area contributed by atoms with Gasteiger partial charge in [0.1, 0.15) is 17.7 Å². The Morgan fingerprint density at radius 3 is 2.24 bits per heavy atom. The average Bonchev–Trinajstić information content (AvgIpc) is 2.73. The summed E-state index contributed by atoms with van der Waals surface area (Å²) in [5.41, 5.74) is 2.19. The Morgan fingerprint density at radius 2 is 1.73 bits per heavy atom. The monoisotopic (exact) mass is 492 g/mol. The SMILES string of the molecule is CC/C=C(\C=C/CNc1nc(Nc2ccc(S(=O)(=O)O)cc2)c(C)c(C)c1C#N)S(=O)(=O)O. The van der Waals surface area contributed by atoms with E-state index in [2.05, 4.69) is 21.7 Å². The minimum absolute atomic E-state index is 0.128. The maximum absolute atomic E-state index is 11.4. The van der Waals surface area contributed by atoms with Crippen LogP contribution in [0.2, 0.25) is 0 Å². The van der Waals surface area contributed by atoms with Gasteiger partial charge in [0.15, 0.2) is 0 Å². The molecule has 176 valence electrons. The first-order valence-electron chi connectivity index (χ1n) is 9.72. The van der Waals surface area contributed by atoms with E-state index in [-0.39, 0.29) is 22.2 Å². The Hall–Kier alpha value is -3.24. The number of benzene rings is 1. The molecule has 0 spiro atoms. The molecule has 4 N–H and O–H groups in total. The molecule has 0 saturated heterocycles. The first kappa shape index (κ1) is 26.0. The highest BCUT2D eigenvalue weighted by Crippen LogP contribution is 2.28. The van der Waals surface area contributed by atoms with Gasteiger partial charge in [-0.3, -0.25) is 9.11 Å². The summed E-state index contributed by atoms with van der Waals surface area (Å²) in [4.78, 5) is 3.97. The normalized spacial score (nSPS) is 12.5. The number of hydrogen-bond acceptors (Lipinski definition) is 8. The number of aromatic nitrogens is 1. The molecule has 2 aromatic rings. The topological polar surface area (TPSA) is 169 Å². The number of nitrogens with zero attached hydrogens (tertiary/aromatic N) is 2. The summed E-state index contributed by atoms with van der Waals surface area (Å²) in [5.74, 6) is 0.678. The zero-order valence-electron chi connectivity index (χ0n) is 18.2. The Morgan fingerprint density at radius 1 is 1.09 bits per heavy atom. The highest BCUT2D eigenvalue weighted by atomic mass is 32.2. The van der Waals surface area contributed by atoms with Crippen molar-refractivity contribution in [2.24, 2.45) is 0 Å². The first-order chi connectivity index (χ1) is 15.4. The molecule has 1 aromatic carbocycles. The van der Waals surface area contributed by atoms with Crippen LogP contribution >= 0.6 is 0 Å². The minimum Gasteiger partial charge on any atom is -0.365 e. The van der Waals surface area contributed by atoms with Crippen LogP contribution in [0.1, 0.15) is 30.0 Å². The number of nitriles is 1. The van der Waals surface area contributed by atoms with Crippen molar-refractivity contribution < 1.29 is 25.9 Å². The van der Waals surface area contributed by atoms with Crippen molar-refractivity contribution in [1.29, 1.82) is 5.26 Å². The number of pyridine rings is 1. The van der Waals surface area contributed by atoms with Gasteiger partial charge in [-0.2, -0.15) is 22.1 Å². The second kappa shape index (κ2) is 10.6. The average molecular weight is 493 g/mol. The van der Waals surface area contributed by atoms with Gasteiger partial charge in [-0.05, 0) is 61.7 Å². The standard InChI is InChI=1S/C21H24N4O6S2/c1-4-6-17(32(26,27)28)7-5-12-23-21-19(13-22)14(2)15(3)20(25-21)24-16-8-10-18(11-9-16)33(29,30)31/h5-11H,4,12H2,1-3H3,(H2,23,24,25)(H,26,27,28)(H,29,30,31)/b7-5-,17-6+. The number of allylic oxidation sites excluding steroid dienone is 2. The van der Waals surface area contributed by atoms with E-state index >= 15 is 0 Å². The van der Waals surface area contributed by atoms with Crippen LogP contribution in [0.15, 0.2) is 52.3 Å². The van der Waals surface area contributed by atoms with Gasteiger partial charge in [-0.25, -0.2) is 4.98 Å². The van der Waals surface area contributed by atoms with E-state index in [1.807, 2.05) is 0 Å². The van der Waals surface area contributed by atoms with Crippen LogP contribution in [0.25, 0.3) is 0 Å². The maximum Gasteiger partial charge on any atom is 0.294 e. The number of anilines is 3. The predicted molar refractivity (Wildman–Crippen MR) is 126 cm³/mol. The summed E-state index contributed by atoms with van der Waals surface area (Å²) in [7, 11) is -8.64. The lowest BCUT2D eigenvalue weighted by atomic mass is 10.1. The molecule has 0 amide bonds. The highest BCUT2D eigenvalue weighted by molar-refractivity contribution is 7.90. The fourth-order valence-electron chi connectivity index (χ4n) is 2.82. The van der Waals surface area contributed by atoms with Gasteiger partial charge >= 0.3 is 0 Å². The van der Waals surface area contributed by atoms with Crippen molar-refractivity contribution in [1.82, 2.24) is 4.98 Å². The number of nitrogens with one attached hydrogen (secondary N) is 2. The quantitative estimate of drug-likeness (QED) is 0.299. The lowest BCUT2D eigenvalue weighted by Gasteiger charge is -2.16. The molecular weight excluding hydrogens is 468 g/mol. The van der Waals surface area contributed by atoms with E-state index in [9.17, 15) is 26.7 Å². The summed E-state index contributed by atoms with van der Waals surface area (Å²) in [6, 6.07) is 7.50. The van der Waals surface area contributed by atoms with Crippen LogP contribution in [0.5, 0.6) is 0 Å². The van der Waals surface area contributed by atoms with Crippen molar-refractivity contribution in [2.45, 2.75) is 32.1 Å². The van der Waals surface area contributed by atoms with Gasteiger partial charge in [-0.15, -0.1) is 0 Å². The third-order valence-corrected chi connectivity index (χ3v) is 6.42. The third kappa shape index (κ3) is 6.87. The molecule has 12 heteroatoms. The van der Waals surface area contributed by atoms with Crippen molar-refractivity contribution in [3.63, 3.8) is 0 Å². The smallest absolute Gasteiger partial charge is 0.294 e. The van der Waals surface area contributed by atoms with Gasteiger partial charge in [0.25, 0.3) is 20.2 Å². The molecule has 0 aliphatic rings. The largest absolute Gasteiger partial charge is 0.365 e. The Bertz CT molecular complexity index is 1340. The lowest BCUT2D eigenvalue weighted by molar-refractivity contribution is 0.482. The summed E-state index contributed by atoms with van der Waals surface area (Å²) in [6.07, 6.45) is 4.53. The van der Waals surface area contributed by atoms with E-state index in [1.54, 1.807) is 20.8 Å². The number of hydrogen-bond donors (Lipinski definition) is 4. The van der Waals surface area contributed by atoms with Crippen LogP contribution in [-0.4, -0.2) is 37.5 Å². The number of rotatable bonds is 9. The van der Waals surface area contributed by atoms with E-state index in [1.165, 1.54) is 42.5 Å². The molecule has 0 radical (unpaired) electrons. The fourth-order valence-corrected chi connectivity index (χ4v) is 3.94. The highest BCUT2D eigenvalue weighted by Gasteiger charge is 2.15. The van der Waals surface area contributed by atoms with E-state index in [4.69, 9.17) is 4.55 Å². The van der Waals surface area contributed by atoms with Gasteiger partial charge in [-0.1, -0.05) is 19.1 Å². The fraction of sp³-hybridized carbons (Fsp3) is 0.238. The van der Waals surface area contributed by atoms with Gasteiger partial charge in [0.2, 0.25) is 0 Å². The molecule has 0 atom stereocenters. The summed E-state index contributed by atoms with van der Waals surface area (Å²) in [5, 5.41) is 15.6. The second-order valence-electron chi connectivity index (χ2n) is 6.94. The van der Waals surface area contributed by atoms with Crippen molar-refractivity contribution >= 4 is 37.6 Å². The van der Waals surface area contributed by atoms with Crippen molar-refractivity contribution in [2.75, 3.05) is 17.2 Å². The molecule has 0 fully saturated rings. The molecule has 0 saturated carbocycles. The minimum atomic E-state index is -4.34. The molecule has 10 nitrogen and oxygen atoms in total. The maximum atomic E-state index is 11.4. The molecule has 1 heterocycles. The van der Waals surface area contributed by atoms with Crippen molar-refractivity contribution in [3.8, 4) is 6.07 Å². The molecule has 33 heavy (non-hydrogen) atoms. The second-order valence-corrected chi connectivity index (χ2v) is 9.79. The molecule has 0 aliphatic heterocycles. The van der Waals surface area contributed by atoms with Gasteiger partial charge < -0.3 is 10.6 Å². The Kier molecular flexibility index (Phi) is 8.34. The summed E-state index contributed by atoms with van der Waals surface area (Å²) in [6.45, 7) is 5.39. The predicted octanol–water partition coefficient (Wildman–Crippen LogP) is 3.71. The molecule has 0 aliphatic carbocycles. The molecule has 1 aromatic heterocycles. The Balaban J connectivity index is 2.30. The zero-order chi connectivity index (χ0) is 24.8. The van der Waals surface area contributed by atoms with Gasteiger partial charge in [0.05, 0.1) is 15.4 Å². The van der Waals surface area contributed by atoms with Gasteiger partial charge in [0, 0.05) is 12.2 Å². The van der Waals surface area contributed by atoms with E-state index in [0.29, 0.717) is 34.6 Å². The Labute approximate surface area is 193 Å². The first-order valence-corrected chi connectivity index (χ1v) is 12.6. The summed E-state index contributed by atoms with van der Waals surface area (Å²) < 4.78 is 63.5. The van der Waals surface area contributed by atoms with Crippen LogP contribution in [0.3, 0.4) is 0 Å². The third-order valence-electron chi connectivity index (χ3n) is 4.65. The summed E-state index contributed by atoms with van der Waals surface area (Å²) >= 11 is 0. The molecule has 0 bridgehead atoms. The van der Waals surface area contributed by atoms with Crippen LogP contribution < -0.4 is 10.6 Å². The zero-order valence-corrected chi connectivity index (χ0v) is 19.8. The van der Waals surface area contributed by atoms with Crippen molar-refractivity contribution in [3.05, 3.63) is 64.1 Å². The molecule has 0 unspecified atom stereocenters. The van der Waals surface area contributed by atoms with E-state index < -0.39 is 20.2 Å². The van der Waals surface area contributed by atoms with Crippen LogP contribution in [-0.2, 0) is 20.2 Å². The molecule has 2 rings (SSSR count).